The summed E-state index contributed by atoms with van der Waals surface area (Å²) in [6.45, 7) is 2.38. The smallest absolute Gasteiger partial charge is 0.0177 e. The van der Waals surface area contributed by atoms with Crippen LogP contribution in [-0.2, 0) is 6.42 Å². The van der Waals surface area contributed by atoms with E-state index in [9.17, 15) is 0 Å². The third-order valence-electron chi connectivity index (χ3n) is 3.54. The molecule has 0 amide bonds. The van der Waals surface area contributed by atoms with Crippen molar-refractivity contribution in [3.05, 3.63) is 34.3 Å². The Bertz CT molecular complexity index is 348. The molecule has 16 heavy (non-hydrogen) atoms. The molecular weight excluding hydrogens is 328 g/mol. The molecule has 0 bridgehead atoms. The summed E-state index contributed by atoms with van der Waals surface area (Å²) >= 11 is 7.39. The molecule has 0 aliphatic heterocycles. The second-order valence-electron chi connectivity index (χ2n) is 5.03. The number of hydrogen-bond donors (Lipinski definition) is 0. The Hall–Kier alpha value is 0.180. The predicted octanol–water partition coefficient (Wildman–Crippen LogP) is 5.19. The summed E-state index contributed by atoms with van der Waals surface area (Å²) in [5.41, 5.74) is 1.46. The highest BCUT2D eigenvalue weighted by Gasteiger charge is 2.26. The molecule has 0 saturated heterocycles. The van der Waals surface area contributed by atoms with Crippen LogP contribution in [0.1, 0.15) is 31.7 Å². The van der Waals surface area contributed by atoms with Crippen LogP contribution in [0.2, 0.25) is 0 Å². The molecule has 0 nitrogen and oxygen atoms in total. The number of hydrogen-bond acceptors (Lipinski definition) is 0. The van der Waals surface area contributed by atoms with E-state index in [0.717, 1.165) is 11.8 Å². The van der Waals surface area contributed by atoms with E-state index in [2.05, 4.69) is 63.0 Å². The highest BCUT2D eigenvalue weighted by Crippen LogP contribution is 2.35. The van der Waals surface area contributed by atoms with Crippen LogP contribution in [0.15, 0.2) is 28.7 Å². The lowest BCUT2D eigenvalue weighted by Gasteiger charge is -2.31. The fraction of sp³-hybridized carbons (Fsp3) is 0.571. The fourth-order valence-corrected chi connectivity index (χ4v) is 3.75. The molecule has 0 heterocycles. The first kappa shape index (κ1) is 12.6. The van der Waals surface area contributed by atoms with Crippen LogP contribution >= 0.6 is 31.9 Å². The number of rotatable bonds is 2. The zero-order chi connectivity index (χ0) is 11.5. The van der Waals surface area contributed by atoms with E-state index in [1.165, 1.54) is 35.7 Å². The van der Waals surface area contributed by atoms with Gasteiger partial charge in [-0.25, -0.2) is 0 Å². The number of benzene rings is 1. The Morgan fingerprint density at radius 1 is 1.31 bits per heavy atom. The summed E-state index contributed by atoms with van der Waals surface area (Å²) in [5.74, 6) is 1.70. The van der Waals surface area contributed by atoms with Gasteiger partial charge in [0.2, 0.25) is 0 Å². The van der Waals surface area contributed by atoms with Crippen molar-refractivity contribution in [3.63, 3.8) is 0 Å². The average Bonchev–Trinajstić information content (AvgIpc) is 2.24. The van der Waals surface area contributed by atoms with Gasteiger partial charge in [0.25, 0.3) is 0 Å². The van der Waals surface area contributed by atoms with Gasteiger partial charge in [-0.1, -0.05) is 50.9 Å². The first-order valence-electron chi connectivity index (χ1n) is 6.03. The van der Waals surface area contributed by atoms with Gasteiger partial charge in [0, 0.05) is 9.30 Å². The van der Waals surface area contributed by atoms with Crippen molar-refractivity contribution in [2.24, 2.45) is 11.8 Å². The summed E-state index contributed by atoms with van der Waals surface area (Å²) in [7, 11) is 0. The Morgan fingerprint density at radius 3 is 2.88 bits per heavy atom. The lowest BCUT2D eigenvalue weighted by Crippen LogP contribution is -2.25. The van der Waals surface area contributed by atoms with Gasteiger partial charge in [-0.3, -0.25) is 0 Å². The third kappa shape index (κ3) is 3.33. The van der Waals surface area contributed by atoms with Gasteiger partial charge in [0.1, 0.15) is 0 Å². The lowest BCUT2D eigenvalue weighted by atomic mass is 9.79. The van der Waals surface area contributed by atoms with Crippen molar-refractivity contribution in [3.8, 4) is 0 Å². The second kappa shape index (κ2) is 5.68. The normalized spacial score (nSPS) is 30.3. The minimum absolute atomic E-state index is 0.711. The van der Waals surface area contributed by atoms with E-state index >= 15 is 0 Å². The standard InChI is InChI=1S/C14H18Br2/c1-10-5-6-14(16)12(7-10)8-11-3-2-4-13(15)9-11/h2-4,9-10,12,14H,5-8H2,1H3. The molecular formula is C14H18Br2. The van der Waals surface area contributed by atoms with E-state index in [1.807, 2.05) is 0 Å². The first-order valence-corrected chi connectivity index (χ1v) is 7.74. The Kier molecular flexibility index (Phi) is 4.48. The maximum Gasteiger partial charge on any atom is 0.0177 e. The molecule has 0 spiro atoms. The Labute approximate surface area is 115 Å². The summed E-state index contributed by atoms with van der Waals surface area (Å²) in [6, 6.07) is 8.72. The van der Waals surface area contributed by atoms with Crippen molar-refractivity contribution in [1.29, 1.82) is 0 Å². The molecule has 1 fully saturated rings. The average molecular weight is 346 g/mol. The Morgan fingerprint density at radius 2 is 2.12 bits per heavy atom. The zero-order valence-corrected chi connectivity index (χ0v) is 12.8. The SMILES string of the molecule is CC1CCC(Br)C(Cc2cccc(Br)c2)C1. The summed E-state index contributed by atoms with van der Waals surface area (Å²) < 4.78 is 1.19. The minimum atomic E-state index is 0.711. The second-order valence-corrected chi connectivity index (χ2v) is 7.12. The van der Waals surface area contributed by atoms with Crippen LogP contribution in [-0.4, -0.2) is 4.83 Å². The predicted molar refractivity (Wildman–Crippen MR) is 77.1 cm³/mol. The molecule has 1 aromatic rings. The van der Waals surface area contributed by atoms with E-state index in [1.54, 1.807) is 0 Å². The van der Waals surface area contributed by atoms with Crippen molar-refractivity contribution in [1.82, 2.24) is 0 Å². The van der Waals surface area contributed by atoms with Crippen LogP contribution in [0, 0.1) is 11.8 Å². The van der Waals surface area contributed by atoms with E-state index in [4.69, 9.17) is 0 Å². The van der Waals surface area contributed by atoms with Crippen molar-refractivity contribution >= 4 is 31.9 Å². The molecule has 0 aromatic heterocycles. The third-order valence-corrected chi connectivity index (χ3v) is 5.24. The highest BCUT2D eigenvalue weighted by molar-refractivity contribution is 9.10. The topological polar surface area (TPSA) is 0 Å². The van der Waals surface area contributed by atoms with Gasteiger partial charge in [0.05, 0.1) is 0 Å². The van der Waals surface area contributed by atoms with Gasteiger partial charge in [-0.15, -0.1) is 0 Å². The van der Waals surface area contributed by atoms with Gasteiger partial charge in [-0.2, -0.15) is 0 Å². The van der Waals surface area contributed by atoms with Crippen LogP contribution < -0.4 is 0 Å². The van der Waals surface area contributed by atoms with E-state index < -0.39 is 0 Å². The monoisotopic (exact) mass is 344 g/mol. The number of halogens is 2. The number of alkyl halides is 1. The summed E-state index contributed by atoms with van der Waals surface area (Å²) in [4.78, 5) is 0.711. The molecule has 3 unspecified atom stereocenters. The van der Waals surface area contributed by atoms with Crippen molar-refractivity contribution in [2.75, 3.05) is 0 Å². The lowest BCUT2D eigenvalue weighted by molar-refractivity contribution is 0.294. The van der Waals surface area contributed by atoms with E-state index in [-0.39, 0.29) is 0 Å². The van der Waals surface area contributed by atoms with Crippen LogP contribution in [0.5, 0.6) is 0 Å². The maximum absolute atomic E-state index is 3.85. The summed E-state index contributed by atoms with van der Waals surface area (Å²) in [6.07, 6.45) is 5.28. The molecule has 0 N–H and O–H groups in total. The van der Waals surface area contributed by atoms with Crippen molar-refractivity contribution in [2.45, 2.75) is 37.4 Å². The van der Waals surface area contributed by atoms with Gasteiger partial charge >= 0.3 is 0 Å². The van der Waals surface area contributed by atoms with Gasteiger partial charge < -0.3 is 0 Å². The molecule has 1 aliphatic rings. The van der Waals surface area contributed by atoms with Gasteiger partial charge in [0.15, 0.2) is 0 Å². The Balaban J connectivity index is 2.02. The molecule has 3 atom stereocenters. The minimum Gasteiger partial charge on any atom is -0.0888 e. The first-order chi connectivity index (χ1) is 7.65. The van der Waals surface area contributed by atoms with Crippen LogP contribution in [0.25, 0.3) is 0 Å². The van der Waals surface area contributed by atoms with Crippen molar-refractivity contribution < 1.29 is 0 Å². The van der Waals surface area contributed by atoms with Gasteiger partial charge in [-0.05, 0) is 55.2 Å². The molecule has 1 saturated carbocycles. The summed E-state index contributed by atoms with van der Waals surface area (Å²) in [5, 5.41) is 0. The van der Waals surface area contributed by atoms with Crippen LogP contribution in [0.4, 0.5) is 0 Å². The van der Waals surface area contributed by atoms with Crippen LogP contribution in [0.3, 0.4) is 0 Å². The zero-order valence-electron chi connectivity index (χ0n) is 9.63. The molecule has 1 aromatic carbocycles. The molecule has 2 rings (SSSR count). The molecule has 88 valence electrons. The molecule has 2 heteroatoms. The molecule has 1 aliphatic carbocycles. The van der Waals surface area contributed by atoms with E-state index in [0.29, 0.717) is 4.83 Å². The largest absolute Gasteiger partial charge is 0.0888 e. The highest BCUT2D eigenvalue weighted by atomic mass is 79.9. The fourth-order valence-electron chi connectivity index (χ4n) is 2.64. The molecule has 0 radical (unpaired) electrons. The quantitative estimate of drug-likeness (QED) is 0.647. The maximum atomic E-state index is 3.85.